The van der Waals surface area contributed by atoms with Gasteiger partial charge in [0.25, 0.3) is 5.91 Å². The van der Waals surface area contributed by atoms with E-state index < -0.39 is 5.72 Å². The summed E-state index contributed by atoms with van der Waals surface area (Å²) >= 11 is 0. The molecule has 1 saturated carbocycles. The number of aliphatic hydroxyl groups is 1. The maximum Gasteiger partial charge on any atom is 0.276 e. The molecule has 1 amide bonds. The van der Waals surface area contributed by atoms with Gasteiger partial charge in [-0.05, 0) is 30.9 Å². The Morgan fingerprint density at radius 2 is 1.58 bits per heavy atom. The van der Waals surface area contributed by atoms with Crippen molar-refractivity contribution in [2.45, 2.75) is 44.2 Å². The van der Waals surface area contributed by atoms with Gasteiger partial charge >= 0.3 is 0 Å². The monoisotopic (exact) mass is 348 g/mol. The topological polar surface area (TPSA) is 52.9 Å². The van der Waals surface area contributed by atoms with Crippen molar-refractivity contribution >= 4 is 11.6 Å². The Morgan fingerprint density at radius 1 is 0.962 bits per heavy atom. The van der Waals surface area contributed by atoms with Crippen molar-refractivity contribution in [1.29, 1.82) is 0 Å². The summed E-state index contributed by atoms with van der Waals surface area (Å²) in [4.78, 5) is 13.1. The summed E-state index contributed by atoms with van der Waals surface area (Å²) in [5.41, 5.74) is 0.788. The summed E-state index contributed by atoms with van der Waals surface area (Å²) in [7, 11) is 0. The minimum Gasteiger partial charge on any atom is -0.365 e. The van der Waals surface area contributed by atoms with Gasteiger partial charge in [0, 0.05) is 23.3 Å². The first-order chi connectivity index (χ1) is 12.7. The molecule has 0 aromatic heterocycles. The van der Waals surface area contributed by atoms with E-state index in [0.29, 0.717) is 23.5 Å². The van der Waals surface area contributed by atoms with Crippen molar-refractivity contribution in [1.82, 2.24) is 5.01 Å². The molecular formula is C22H24N2O2. The Labute approximate surface area is 154 Å². The van der Waals surface area contributed by atoms with Crippen molar-refractivity contribution in [3.05, 3.63) is 71.8 Å². The van der Waals surface area contributed by atoms with Gasteiger partial charge in [0.15, 0.2) is 5.72 Å². The molecule has 1 unspecified atom stereocenters. The van der Waals surface area contributed by atoms with Gasteiger partial charge in [0.05, 0.1) is 0 Å². The number of carbonyl (C=O) groups is 1. The van der Waals surface area contributed by atoms with Crippen LogP contribution < -0.4 is 0 Å². The third-order valence-corrected chi connectivity index (χ3v) is 5.53. The third-order valence-electron chi connectivity index (χ3n) is 5.53. The maximum atomic E-state index is 13.1. The Balaban J connectivity index is 1.72. The first-order valence-electron chi connectivity index (χ1n) is 9.43. The van der Waals surface area contributed by atoms with E-state index in [1.807, 2.05) is 48.5 Å². The van der Waals surface area contributed by atoms with E-state index in [2.05, 4.69) is 5.10 Å². The molecule has 134 valence electrons. The van der Waals surface area contributed by atoms with Crippen LogP contribution >= 0.6 is 0 Å². The summed E-state index contributed by atoms with van der Waals surface area (Å²) in [5.74, 6) is 0.107. The molecule has 1 atom stereocenters. The Kier molecular flexibility index (Phi) is 4.60. The van der Waals surface area contributed by atoms with E-state index in [1.54, 1.807) is 12.1 Å². The number of amides is 1. The standard InChI is InChI=1S/C22H24N2O2/c25-21(18-12-6-2-7-13-18)24-22(26,19-14-8-3-9-15-19)16-20(23-24)17-10-4-1-5-11-17/h2-3,6-9,12-15,17,26H,1,4-5,10-11,16H2. The van der Waals surface area contributed by atoms with Crippen molar-refractivity contribution in [2.75, 3.05) is 0 Å². The molecule has 0 saturated heterocycles. The fourth-order valence-electron chi connectivity index (χ4n) is 4.08. The van der Waals surface area contributed by atoms with Crippen LogP contribution in [-0.4, -0.2) is 21.7 Å². The molecule has 1 heterocycles. The van der Waals surface area contributed by atoms with Crippen LogP contribution in [0.4, 0.5) is 0 Å². The number of hydrazone groups is 1. The Bertz CT molecular complexity index is 797. The number of carbonyl (C=O) groups excluding carboxylic acids is 1. The van der Waals surface area contributed by atoms with Gasteiger partial charge in [-0.3, -0.25) is 4.79 Å². The van der Waals surface area contributed by atoms with Crippen LogP contribution in [0.1, 0.15) is 54.4 Å². The van der Waals surface area contributed by atoms with Crippen LogP contribution in [0.3, 0.4) is 0 Å². The largest absolute Gasteiger partial charge is 0.365 e. The second kappa shape index (κ2) is 7.04. The number of nitrogens with zero attached hydrogens (tertiary/aromatic N) is 2. The zero-order valence-corrected chi connectivity index (χ0v) is 14.8. The van der Waals surface area contributed by atoms with Crippen molar-refractivity contribution in [3.8, 4) is 0 Å². The predicted octanol–water partition coefficient (Wildman–Crippen LogP) is 4.31. The minimum atomic E-state index is -1.42. The van der Waals surface area contributed by atoms with Gasteiger partial charge in [0.2, 0.25) is 0 Å². The van der Waals surface area contributed by atoms with Crippen molar-refractivity contribution < 1.29 is 9.90 Å². The number of hydrogen-bond acceptors (Lipinski definition) is 3. The second-order valence-corrected chi connectivity index (χ2v) is 7.27. The highest BCUT2D eigenvalue weighted by Gasteiger charge is 2.47. The number of hydrogen-bond donors (Lipinski definition) is 1. The molecule has 4 heteroatoms. The van der Waals surface area contributed by atoms with Gasteiger partial charge in [-0.25, -0.2) is 0 Å². The van der Waals surface area contributed by atoms with Crippen LogP contribution in [0.25, 0.3) is 0 Å². The molecule has 0 radical (unpaired) electrons. The third kappa shape index (κ3) is 3.06. The number of benzene rings is 2. The molecule has 2 aromatic rings. The zero-order valence-electron chi connectivity index (χ0n) is 14.8. The molecule has 2 aromatic carbocycles. The van der Waals surface area contributed by atoms with Gasteiger partial charge in [-0.1, -0.05) is 67.8 Å². The molecule has 26 heavy (non-hydrogen) atoms. The fraction of sp³-hybridized carbons (Fsp3) is 0.364. The van der Waals surface area contributed by atoms with Gasteiger partial charge in [0.1, 0.15) is 0 Å². The molecule has 0 spiro atoms. The first kappa shape index (κ1) is 17.0. The van der Waals surface area contributed by atoms with E-state index in [1.165, 1.54) is 24.3 Å². The molecule has 1 aliphatic heterocycles. The highest BCUT2D eigenvalue weighted by atomic mass is 16.3. The summed E-state index contributed by atoms with van der Waals surface area (Å²) < 4.78 is 0. The normalized spacial score (nSPS) is 23.7. The molecule has 4 nitrogen and oxygen atoms in total. The van der Waals surface area contributed by atoms with E-state index in [9.17, 15) is 9.90 Å². The summed E-state index contributed by atoms with van der Waals surface area (Å²) in [6, 6.07) is 18.5. The minimum absolute atomic E-state index is 0.261. The molecule has 2 aliphatic rings. The highest BCUT2D eigenvalue weighted by Crippen LogP contribution is 2.40. The average molecular weight is 348 g/mol. The van der Waals surface area contributed by atoms with Crippen LogP contribution in [-0.2, 0) is 5.72 Å². The molecule has 1 fully saturated rings. The van der Waals surface area contributed by atoms with Crippen molar-refractivity contribution in [3.63, 3.8) is 0 Å². The average Bonchev–Trinajstić information content (AvgIpc) is 3.08. The highest BCUT2D eigenvalue weighted by molar-refractivity contribution is 5.99. The lowest BCUT2D eigenvalue weighted by atomic mass is 9.82. The number of rotatable bonds is 3. The lowest BCUT2D eigenvalue weighted by molar-refractivity contribution is -0.0766. The quantitative estimate of drug-likeness (QED) is 0.898. The summed E-state index contributed by atoms with van der Waals surface area (Å²) in [6.07, 6.45) is 6.23. The van der Waals surface area contributed by atoms with Crippen LogP contribution in [0, 0.1) is 5.92 Å². The van der Waals surface area contributed by atoms with Crippen LogP contribution in [0.15, 0.2) is 65.8 Å². The van der Waals surface area contributed by atoms with E-state index in [0.717, 1.165) is 18.6 Å². The molecular weight excluding hydrogens is 324 g/mol. The lowest BCUT2D eigenvalue weighted by Gasteiger charge is -2.31. The maximum absolute atomic E-state index is 13.1. The SMILES string of the molecule is O=C(c1ccccc1)N1N=C(C2CCCCC2)CC1(O)c1ccccc1. The Morgan fingerprint density at radius 3 is 2.23 bits per heavy atom. The predicted molar refractivity (Wildman–Crippen MR) is 102 cm³/mol. The van der Waals surface area contributed by atoms with Gasteiger partial charge < -0.3 is 5.11 Å². The molecule has 1 aliphatic carbocycles. The van der Waals surface area contributed by atoms with Crippen LogP contribution in [0.2, 0.25) is 0 Å². The molecule has 0 bridgehead atoms. The van der Waals surface area contributed by atoms with E-state index in [-0.39, 0.29) is 5.91 Å². The van der Waals surface area contributed by atoms with Crippen molar-refractivity contribution in [2.24, 2.45) is 11.0 Å². The lowest BCUT2D eigenvalue weighted by Crippen LogP contribution is -2.43. The molecule has 1 N–H and O–H groups in total. The first-order valence-corrected chi connectivity index (χ1v) is 9.43. The molecule has 4 rings (SSSR count). The van der Waals surface area contributed by atoms with Gasteiger partial charge in [-0.15, -0.1) is 0 Å². The fourth-order valence-corrected chi connectivity index (χ4v) is 4.08. The zero-order chi connectivity index (χ0) is 18.0. The van der Waals surface area contributed by atoms with Gasteiger partial charge in [-0.2, -0.15) is 10.1 Å². The summed E-state index contributed by atoms with van der Waals surface area (Å²) in [5, 5.41) is 17.5. The van der Waals surface area contributed by atoms with Crippen LogP contribution in [0.5, 0.6) is 0 Å². The van der Waals surface area contributed by atoms with E-state index >= 15 is 0 Å². The Hall–Kier alpha value is -2.46. The summed E-state index contributed by atoms with van der Waals surface area (Å²) in [6.45, 7) is 0. The van der Waals surface area contributed by atoms with E-state index in [4.69, 9.17) is 0 Å². The second-order valence-electron chi connectivity index (χ2n) is 7.27. The smallest absolute Gasteiger partial charge is 0.276 e.